The van der Waals surface area contributed by atoms with Crippen LogP contribution < -0.4 is 5.32 Å². The van der Waals surface area contributed by atoms with E-state index < -0.39 is 5.54 Å². The molecule has 0 saturated heterocycles. The number of aliphatic hydroxyl groups is 1. The zero-order valence-electron chi connectivity index (χ0n) is 9.08. The van der Waals surface area contributed by atoms with Crippen LogP contribution in [-0.2, 0) is 14.3 Å². The summed E-state index contributed by atoms with van der Waals surface area (Å²) >= 11 is 0. The minimum absolute atomic E-state index is 0.0314. The smallest absolute Gasteiger partial charge is 0.290 e. The molecule has 0 aromatic carbocycles. The second kappa shape index (κ2) is 5.02. The number of hydrogen-bond acceptors (Lipinski definition) is 4. The van der Waals surface area contributed by atoms with Crippen LogP contribution in [0.25, 0.3) is 0 Å². The van der Waals surface area contributed by atoms with Crippen molar-refractivity contribution in [3.8, 4) is 0 Å². The Kier molecular flexibility index (Phi) is 3.96. The van der Waals surface area contributed by atoms with Crippen molar-refractivity contribution in [1.82, 2.24) is 5.32 Å². The van der Waals surface area contributed by atoms with E-state index in [1.165, 1.54) is 6.26 Å². The van der Waals surface area contributed by atoms with Gasteiger partial charge in [-0.15, -0.1) is 0 Å². The molecule has 0 aromatic rings. The van der Waals surface area contributed by atoms with Crippen molar-refractivity contribution in [3.05, 3.63) is 12.0 Å². The van der Waals surface area contributed by atoms with Crippen LogP contribution in [0.3, 0.4) is 0 Å². The van der Waals surface area contributed by atoms with E-state index in [1.807, 2.05) is 13.8 Å². The summed E-state index contributed by atoms with van der Waals surface area (Å²) in [4.78, 5) is 11.6. The molecular formula is C10H17NO4. The van der Waals surface area contributed by atoms with Gasteiger partial charge in [-0.3, -0.25) is 4.79 Å². The first-order chi connectivity index (χ1) is 7.05. The van der Waals surface area contributed by atoms with Crippen molar-refractivity contribution in [2.24, 2.45) is 0 Å². The van der Waals surface area contributed by atoms with E-state index in [0.717, 1.165) is 0 Å². The second-order valence-corrected chi connectivity index (χ2v) is 4.01. The van der Waals surface area contributed by atoms with Crippen LogP contribution in [0.1, 0.15) is 20.3 Å². The summed E-state index contributed by atoms with van der Waals surface area (Å²) in [6.45, 7) is 4.57. The highest BCUT2D eigenvalue weighted by Crippen LogP contribution is 2.11. The molecule has 0 unspecified atom stereocenters. The average Bonchev–Trinajstić information content (AvgIpc) is 2.18. The Morgan fingerprint density at radius 3 is 2.87 bits per heavy atom. The van der Waals surface area contributed by atoms with Gasteiger partial charge in [0, 0.05) is 12.1 Å². The van der Waals surface area contributed by atoms with Crippen LogP contribution in [-0.4, -0.2) is 36.4 Å². The Bertz CT molecular complexity index is 260. The van der Waals surface area contributed by atoms with E-state index in [2.05, 4.69) is 5.32 Å². The Balaban J connectivity index is 2.50. The number of ether oxygens (including phenoxy) is 2. The van der Waals surface area contributed by atoms with Crippen LogP contribution in [0.4, 0.5) is 0 Å². The molecule has 0 aliphatic carbocycles. The van der Waals surface area contributed by atoms with Gasteiger partial charge in [-0.2, -0.15) is 0 Å². The number of amides is 1. The lowest BCUT2D eigenvalue weighted by molar-refractivity contribution is -0.124. The van der Waals surface area contributed by atoms with Crippen molar-refractivity contribution >= 4 is 5.91 Å². The molecule has 1 aliphatic heterocycles. The quantitative estimate of drug-likeness (QED) is 0.700. The first-order valence-corrected chi connectivity index (χ1v) is 4.93. The normalized spacial score (nSPS) is 16.1. The van der Waals surface area contributed by atoms with Gasteiger partial charge in [0.25, 0.3) is 5.91 Å². The van der Waals surface area contributed by atoms with Crippen LogP contribution in [0.5, 0.6) is 0 Å². The zero-order valence-corrected chi connectivity index (χ0v) is 9.08. The fourth-order valence-corrected chi connectivity index (χ4v) is 1.20. The van der Waals surface area contributed by atoms with Crippen LogP contribution in [0, 0.1) is 0 Å². The summed E-state index contributed by atoms with van der Waals surface area (Å²) in [6, 6.07) is 0. The van der Waals surface area contributed by atoms with Gasteiger partial charge in [-0.25, -0.2) is 0 Å². The Morgan fingerprint density at radius 1 is 1.60 bits per heavy atom. The van der Waals surface area contributed by atoms with E-state index in [4.69, 9.17) is 14.6 Å². The Hall–Kier alpha value is -1.23. The number of rotatable bonds is 4. The van der Waals surface area contributed by atoms with Crippen molar-refractivity contribution in [1.29, 1.82) is 0 Å². The molecule has 86 valence electrons. The molecule has 1 aliphatic rings. The van der Waals surface area contributed by atoms with Gasteiger partial charge in [0.2, 0.25) is 5.76 Å². The molecule has 0 fully saturated rings. The summed E-state index contributed by atoms with van der Waals surface area (Å²) in [5.74, 6) is -0.125. The molecule has 0 aromatic heterocycles. The molecule has 0 saturated carbocycles. The van der Waals surface area contributed by atoms with Crippen molar-refractivity contribution < 1.29 is 19.4 Å². The number of carbonyl (C=O) groups is 1. The highest BCUT2D eigenvalue weighted by Gasteiger charge is 2.23. The van der Waals surface area contributed by atoms with E-state index in [9.17, 15) is 4.79 Å². The van der Waals surface area contributed by atoms with Crippen molar-refractivity contribution in [3.63, 3.8) is 0 Å². The van der Waals surface area contributed by atoms with E-state index in [-0.39, 0.29) is 18.3 Å². The van der Waals surface area contributed by atoms with Gasteiger partial charge >= 0.3 is 0 Å². The molecule has 0 atom stereocenters. The van der Waals surface area contributed by atoms with Crippen LogP contribution in [0.15, 0.2) is 12.0 Å². The molecule has 5 nitrogen and oxygen atoms in total. The topological polar surface area (TPSA) is 67.8 Å². The predicted molar refractivity (Wildman–Crippen MR) is 53.9 cm³/mol. The first kappa shape index (κ1) is 11.8. The number of aliphatic hydroxyl groups excluding tert-OH is 1. The third-order valence-corrected chi connectivity index (χ3v) is 2.06. The first-order valence-electron chi connectivity index (χ1n) is 4.93. The monoisotopic (exact) mass is 215 g/mol. The van der Waals surface area contributed by atoms with Crippen LogP contribution >= 0.6 is 0 Å². The highest BCUT2D eigenvalue weighted by molar-refractivity contribution is 5.91. The molecule has 2 N–H and O–H groups in total. The van der Waals surface area contributed by atoms with E-state index >= 15 is 0 Å². The SMILES string of the molecule is CC(C)(CCO)NC(=O)C1=COCCO1. The number of carbonyl (C=O) groups excluding carboxylic acids is 1. The molecule has 0 spiro atoms. The summed E-state index contributed by atoms with van der Waals surface area (Å²) in [6.07, 6.45) is 1.81. The molecular weight excluding hydrogens is 198 g/mol. The Morgan fingerprint density at radius 2 is 2.33 bits per heavy atom. The lowest BCUT2D eigenvalue weighted by Gasteiger charge is -2.26. The van der Waals surface area contributed by atoms with Gasteiger partial charge in [-0.1, -0.05) is 0 Å². The third-order valence-electron chi connectivity index (χ3n) is 2.06. The predicted octanol–water partition coefficient (Wildman–Crippen LogP) is 0.152. The van der Waals surface area contributed by atoms with Gasteiger partial charge in [0.15, 0.2) is 0 Å². The number of nitrogens with one attached hydrogen (secondary N) is 1. The van der Waals surface area contributed by atoms with Gasteiger partial charge in [-0.05, 0) is 20.3 Å². The van der Waals surface area contributed by atoms with Crippen molar-refractivity contribution in [2.45, 2.75) is 25.8 Å². The lowest BCUT2D eigenvalue weighted by atomic mass is 10.0. The van der Waals surface area contributed by atoms with E-state index in [0.29, 0.717) is 19.6 Å². The summed E-state index contributed by atoms with van der Waals surface area (Å²) in [7, 11) is 0. The van der Waals surface area contributed by atoms with Crippen LogP contribution in [0.2, 0.25) is 0 Å². The minimum Gasteiger partial charge on any atom is -0.494 e. The van der Waals surface area contributed by atoms with Crippen molar-refractivity contribution in [2.75, 3.05) is 19.8 Å². The molecule has 5 heteroatoms. The third kappa shape index (κ3) is 3.79. The standard InChI is InChI=1S/C10H17NO4/c1-10(2,3-4-12)11-9(13)8-7-14-5-6-15-8/h7,12H,3-6H2,1-2H3,(H,11,13). The zero-order chi connectivity index (χ0) is 11.3. The maximum atomic E-state index is 11.6. The van der Waals surface area contributed by atoms with Gasteiger partial charge in [0.1, 0.15) is 19.5 Å². The largest absolute Gasteiger partial charge is 0.494 e. The highest BCUT2D eigenvalue weighted by atomic mass is 16.6. The summed E-state index contributed by atoms with van der Waals surface area (Å²) in [5, 5.41) is 11.6. The maximum Gasteiger partial charge on any atom is 0.290 e. The second-order valence-electron chi connectivity index (χ2n) is 4.01. The molecule has 0 bridgehead atoms. The van der Waals surface area contributed by atoms with Gasteiger partial charge < -0.3 is 19.9 Å². The Labute approximate surface area is 89.1 Å². The maximum absolute atomic E-state index is 11.6. The fourth-order valence-electron chi connectivity index (χ4n) is 1.20. The van der Waals surface area contributed by atoms with Gasteiger partial charge in [0.05, 0.1) is 0 Å². The summed E-state index contributed by atoms with van der Waals surface area (Å²) < 4.78 is 10.1. The lowest BCUT2D eigenvalue weighted by Crippen LogP contribution is -2.45. The summed E-state index contributed by atoms with van der Waals surface area (Å²) in [5.41, 5.74) is -0.451. The average molecular weight is 215 g/mol. The molecule has 1 amide bonds. The number of hydrogen-bond donors (Lipinski definition) is 2. The molecule has 0 radical (unpaired) electrons. The fraction of sp³-hybridized carbons (Fsp3) is 0.700. The molecule has 15 heavy (non-hydrogen) atoms. The molecule has 1 rings (SSSR count). The van der Waals surface area contributed by atoms with E-state index in [1.54, 1.807) is 0 Å². The molecule has 1 heterocycles. The minimum atomic E-state index is -0.451.